The number of imidazole rings is 1. The number of para-hydroxylation sites is 2. The van der Waals surface area contributed by atoms with E-state index in [2.05, 4.69) is 11.1 Å². The molecule has 2 heterocycles. The summed E-state index contributed by atoms with van der Waals surface area (Å²) in [6.07, 6.45) is 7.01. The highest BCUT2D eigenvalue weighted by atomic mass is 16.5. The first-order chi connectivity index (χ1) is 13.7. The van der Waals surface area contributed by atoms with Gasteiger partial charge < -0.3 is 9.30 Å². The van der Waals surface area contributed by atoms with Gasteiger partial charge in [0.15, 0.2) is 5.75 Å². The van der Waals surface area contributed by atoms with Crippen molar-refractivity contribution in [3.63, 3.8) is 0 Å². The maximum Gasteiger partial charge on any atom is 0.255 e. The highest BCUT2D eigenvalue weighted by Gasteiger charge is 2.11. The standard InChI is InChI=1S/C22H16N4O2/c23-14-18-9-8-17(15-25-12-10-24-16-25)13-21(18)28-20-6-2-1-5-19(20)26-11-4-3-7-22(26)27/h1-13,16H,15H2. The maximum atomic E-state index is 12.2. The summed E-state index contributed by atoms with van der Waals surface area (Å²) in [4.78, 5) is 16.3. The summed E-state index contributed by atoms with van der Waals surface area (Å²) in [5.41, 5.74) is 1.84. The van der Waals surface area contributed by atoms with Crippen LogP contribution in [0.25, 0.3) is 5.69 Å². The Labute approximate surface area is 161 Å². The second-order valence-corrected chi connectivity index (χ2v) is 6.16. The summed E-state index contributed by atoms with van der Waals surface area (Å²) in [6, 6.07) is 19.8. The van der Waals surface area contributed by atoms with Crippen LogP contribution in [-0.2, 0) is 6.54 Å². The summed E-state index contributed by atoms with van der Waals surface area (Å²) in [7, 11) is 0. The molecule has 0 spiro atoms. The van der Waals surface area contributed by atoms with E-state index in [4.69, 9.17) is 4.74 Å². The molecule has 6 nitrogen and oxygen atoms in total. The third kappa shape index (κ3) is 3.55. The fourth-order valence-electron chi connectivity index (χ4n) is 2.92. The van der Waals surface area contributed by atoms with Gasteiger partial charge in [0.1, 0.15) is 11.8 Å². The summed E-state index contributed by atoms with van der Waals surface area (Å²) < 4.78 is 9.54. The van der Waals surface area contributed by atoms with Gasteiger partial charge in [-0.25, -0.2) is 4.98 Å². The predicted octanol–water partition coefficient (Wildman–Crippen LogP) is 3.75. The Morgan fingerprint density at radius 3 is 2.64 bits per heavy atom. The minimum absolute atomic E-state index is 0.159. The third-order valence-corrected chi connectivity index (χ3v) is 4.26. The van der Waals surface area contributed by atoms with E-state index in [1.165, 1.54) is 10.6 Å². The summed E-state index contributed by atoms with van der Waals surface area (Å²) in [5, 5.41) is 9.47. The van der Waals surface area contributed by atoms with Crippen molar-refractivity contribution in [3.8, 4) is 23.3 Å². The molecule has 0 aliphatic carbocycles. The number of hydrogen-bond acceptors (Lipinski definition) is 4. The van der Waals surface area contributed by atoms with Gasteiger partial charge in [0.05, 0.1) is 17.6 Å². The number of pyridine rings is 1. The van der Waals surface area contributed by atoms with E-state index < -0.39 is 0 Å². The van der Waals surface area contributed by atoms with Crippen LogP contribution < -0.4 is 10.3 Å². The van der Waals surface area contributed by atoms with Crippen molar-refractivity contribution in [1.82, 2.24) is 14.1 Å². The van der Waals surface area contributed by atoms with Crippen molar-refractivity contribution in [2.45, 2.75) is 6.54 Å². The van der Waals surface area contributed by atoms with Crippen LogP contribution in [0.5, 0.6) is 11.5 Å². The zero-order chi connectivity index (χ0) is 19.3. The first kappa shape index (κ1) is 17.3. The van der Waals surface area contributed by atoms with Crippen molar-refractivity contribution >= 4 is 0 Å². The summed E-state index contributed by atoms with van der Waals surface area (Å²) in [6.45, 7) is 0.613. The molecule has 0 fully saturated rings. The van der Waals surface area contributed by atoms with Crippen LogP contribution in [0.2, 0.25) is 0 Å². The van der Waals surface area contributed by atoms with E-state index in [9.17, 15) is 10.1 Å². The lowest BCUT2D eigenvalue weighted by molar-refractivity contribution is 0.477. The van der Waals surface area contributed by atoms with E-state index in [0.29, 0.717) is 29.3 Å². The Morgan fingerprint density at radius 2 is 1.86 bits per heavy atom. The minimum atomic E-state index is -0.159. The fraction of sp³-hybridized carbons (Fsp3) is 0.0455. The smallest absolute Gasteiger partial charge is 0.255 e. The third-order valence-electron chi connectivity index (χ3n) is 4.26. The van der Waals surface area contributed by atoms with E-state index in [1.807, 2.05) is 35.0 Å². The molecule has 6 heteroatoms. The molecule has 0 aliphatic heterocycles. The zero-order valence-corrected chi connectivity index (χ0v) is 14.9. The number of nitriles is 1. The number of nitrogens with zero attached hydrogens (tertiary/aromatic N) is 4. The molecule has 0 bridgehead atoms. The molecule has 28 heavy (non-hydrogen) atoms. The SMILES string of the molecule is N#Cc1ccc(Cn2ccnc2)cc1Oc1ccccc1-n1ccccc1=O. The average Bonchev–Trinajstić information content (AvgIpc) is 3.22. The molecular formula is C22H16N4O2. The second-order valence-electron chi connectivity index (χ2n) is 6.16. The first-order valence-corrected chi connectivity index (χ1v) is 8.68. The lowest BCUT2D eigenvalue weighted by atomic mass is 10.1. The van der Waals surface area contributed by atoms with Crippen LogP contribution in [0.15, 0.2) is 90.4 Å². The summed E-state index contributed by atoms with van der Waals surface area (Å²) in [5.74, 6) is 0.934. The molecule has 4 rings (SSSR count). The molecule has 0 saturated carbocycles. The largest absolute Gasteiger partial charge is 0.454 e. The minimum Gasteiger partial charge on any atom is -0.454 e. The van der Waals surface area contributed by atoms with Gasteiger partial charge in [-0.1, -0.05) is 24.3 Å². The van der Waals surface area contributed by atoms with Crippen LogP contribution >= 0.6 is 0 Å². The molecule has 0 radical (unpaired) electrons. The molecule has 0 saturated heterocycles. The molecule has 136 valence electrons. The van der Waals surface area contributed by atoms with Gasteiger partial charge in [-0.05, 0) is 35.9 Å². The van der Waals surface area contributed by atoms with E-state index >= 15 is 0 Å². The van der Waals surface area contributed by atoms with Crippen molar-refractivity contribution in [3.05, 3.63) is 107 Å². The van der Waals surface area contributed by atoms with Crippen molar-refractivity contribution in [2.75, 3.05) is 0 Å². The van der Waals surface area contributed by atoms with Gasteiger partial charge in [-0.15, -0.1) is 0 Å². The molecular weight excluding hydrogens is 352 g/mol. The van der Waals surface area contributed by atoms with Crippen molar-refractivity contribution in [2.24, 2.45) is 0 Å². The van der Waals surface area contributed by atoms with Crippen LogP contribution in [-0.4, -0.2) is 14.1 Å². The zero-order valence-electron chi connectivity index (χ0n) is 14.9. The summed E-state index contributed by atoms with van der Waals surface area (Å²) >= 11 is 0. The van der Waals surface area contributed by atoms with Gasteiger partial charge in [0, 0.05) is 31.2 Å². The maximum absolute atomic E-state index is 12.2. The highest BCUT2D eigenvalue weighted by molar-refractivity contribution is 5.52. The number of hydrogen-bond donors (Lipinski definition) is 0. The van der Waals surface area contributed by atoms with Gasteiger partial charge in [0.2, 0.25) is 0 Å². The lowest BCUT2D eigenvalue weighted by Gasteiger charge is -2.14. The Hall–Kier alpha value is -4.11. The van der Waals surface area contributed by atoms with Crippen LogP contribution in [0.4, 0.5) is 0 Å². The van der Waals surface area contributed by atoms with Crippen LogP contribution in [0, 0.1) is 11.3 Å². The quantitative estimate of drug-likeness (QED) is 0.538. The molecule has 0 atom stereocenters. The Balaban J connectivity index is 1.73. The molecule has 0 N–H and O–H groups in total. The average molecular weight is 368 g/mol. The second kappa shape index (κ2) is 7.64. The molecule has 0 unspecified atom stereocenters. The van der Waals surface area contributed by atoms with Crippen LogP contribution in [0.1, 0.15) is 11.1 Å². The Bertz CT molecular complexity index is 1200. The van der Waals surface area contributed by atoms with Gasteiger partial charge in [0.25, 0.3) is 5.56 Å². The number of ether oxygens (including phenoxy) is 1. The number of aromatic nitrogens is 3. The number of rotatable bonds is 5. The molecule has 2 aromatic heterocycles. The lowest BCUT2D eigenvalue weighted by Crippen LogP contribution is -2.16. The van der Waals surface area contributed by atoms with Gasteiger partial charge in [-0.3, -0.25) is 9.36 Å². The molecule has 4 aromatic rings. The predicted molar refractivity (Wildman–Crippen MR) is 105 cm³/mol. The fourth-order valence-corrected chi connectivity index (χ4v) is 2.92. The Morgan fingerprint density at radius 1 is 1.00 bits per heavy atom. The molecule has 2 aromatic carbocycles. The van der Waals surface area contributed by atoms with Crippen molar-refractivity contribution < 1.29 is 4.74 Å². The Kier molecular flexibility index (Phi) is 4.72. The molecule has 0 aliphatic rings. The number of benzene rings is 2. The monoisotopic (exact) mass is 368 g/mol. The van der Waals surface area contributed by atoms with Gasteiger partial charge in [-0.2, -0.15) is 5.26 Å². The molecule has 0 amide bonds. The van der Waals surface area contributed by atoms with Crippen LogP contribution in [0.3, 0.4) is 0 Å². The highest BCUT2D eigenvalue weighted by Crippen LogP contribution is 2.30. The van der Waals surface area contributed by atoms with Crippen molar-refractivity contribution in [1.29, 1.82) is 5.26 Å². The van der Waals surface area contributed by atoms with E-state index in [0.717, 1.165) is 5.56 Å². The van der Waals surface area contributed by atoms with E-state index in [-0.39, 0.29) is 5.56 Å². The normalized spacial score (nSPS) is 10.4. The van der Waals surface area contributed by atoms with E-state index in [1.54, 1.807) is 49.1 Å². The topological polar surface area (TPSA) is 72.8 Å². The first-order valence-electron chi connectivity index (χ1n) is 8.68. The van der Waals surface area contributed by atoms with Gasteiger partial charge >= 0.3 is 0 Å².